The molecular weight excluding hydrogens is 176 g/mol. The summed E-state index contributed by atoms with van der Waals surface area (Å²) in [6.45, 7) is 6.90. The van der Waals surface area contributed by atoms with Crippen molar-refractivity contribution in [3.05, 3.63) is 0 Å². The van der Waals surface area contributed by atoms with Crippen molar-refractivity contribution in [2.75, 3.05) is 6.54 Å². The molecule has 1 fully saturated rings. The van der Waals surface area contributed by atoms with Gasteiger partial charge in [0.15, 0.2) is 0 Å². The summed E-state index contributed by atoms with van der Waals surface area (Å²) in [4.78, 5) is 13.2. The third kappa shape index (κ3) is 2.11. The highest BCUT2D eigenvalue weighted by Gasteiger charge is 2.35. The predicted octanol–water partition coefficient (Wildman–Crippen LogP) is 0.766. The second kappa shape index (κ2) is 3.62. The minimum atomic E-state index is -0.255. The Morgan fingerprint density at radius 1 is 1.50 bits per heavy atom. The zero-order chi connectivity index (χ0) is 8.65. The number of nitrogens with two attached hydrogens (primary N) is 1. The smallest absolute Gasteiger partial charge is 0.239 e. The molecule has 1 unspecified atom stereocenters. The van der Waals surface area contributed by atoms with Crippen LogP contribution in [0.1, 0.15) is 27.2 Å². The molecule has 0 aromatic rings. The quantitative estimate of drug-likeness (QED) is 0.616. The summed E-state index contributed by atoms with van der Waals surface area (Å²) >= 11 is 0. The Balaban J connectivity index is 0.00000121. The molecule has 0 aliphatic carbocycles. The molecule has 0 saturated carbocycles. The first kappa shape index (κ1) is 11.7. The first-order valence-electron chi connectivity index (χ1n) is 4.00. The van der Waals surface area contributed by atoms with Crippen molar-refractivity contribution in [3.63, 3.8) is 0 Å². The molecule has 0 radical (unpaired) electrons. The molecule has 1 atom stereocenters. The van der Waals surface area contributed by atoms with E-state index < -0.39 is 0 Å². The van der Waals surface area contributed by atoms with E-state index in [1.54, 1.807) is 0 Å². The number of likely N-dealkylation sites (tertiary alicyclic amines) is 1. The van der Waals surface area contributed by atoms with Crippen molar-refractivity contribution in [2.45, 2.75) is 38.8 Å². The van der Waals surface area contributed by atoms with Crippen LogP contribution in [0, 0.1) is 0 Å². The van der Waals surface area contributed by atoms with Gasteiger partial charge >= 0.3 is 0 Å². The van der Waals surface area contributed by atoms with Gasteiger partial charge in [-0.25, -0.2) is 0 Å². The molecule has 1 aliphatic heterocycles. The van der Waals surface area contributed by atoms with Crippen molar-refractivity contribution < 1.29 is 4.79 Å². The van der Waals surface area contributed by atoms with Crippen LogP contribution in [0.15, 0.2) is 0 Å². The normalized spacial score (nSPS) is 24.2. The Bertz CT molecular complexity index is 176. The van der Waals surface area contributed by atoms with Crippen LogP contribution in [0.2, 0.25) is 0 Å². The topological polar surface area (TPSA) is 46.3 Å². The SMILES string of the molecule is CC(C)(C)N1CCC(N)C1=O.Cl. The average molecular weight is 193 g/mol. The van der Waals surface area contributed by atoms with Crippen LogP contribution in [0.5, 0.6) is 0 Å². The molecule has 3 nitrogen and oxygen atoms in total. The van der Waals surface area contributed by atoms with Crippen molar-refractivity contribution in [1.82, 2.24) is 4.90 Å². The summed E-state index contributed by atoms with van der Waals surface area (Å²) in [5, 5.41) is 0. The monoisotopic (exact) mass is 192 g/mol. The molecule has 1 saturated heterocycles. The van der Waals surface area contributed by atoms with Gasteiger partial charge in [0, 0.05) is 12.1 Å². The molecule has 72 valence electrons. The number of carbonyl (C=O) groups is 1. The number of rotatable bonds is 0. The lowest BCUT2D eigenvalue weighted by molar-refractivity contribution is -0.132. The third-order valence-corrected chi connectivity index (χ3v) is 2.06. The van der Waals surface area contributed by atoms with E-state index in [1.807, 2.05) is 25.7 Å². The van der Waals surface area contributed by atoms with Crippen molar-refractivity contribution >= 4 is 18.3 Å². The van der Waals surface area contributed by atoms with Crippen LogP contribution in [0.3, 0.4) is 0 Å². The number of amides is 1. The van der Waals surface area contributed by atoms with Gasteiger partial charge in [-0.15, -0.1) is 12.4 Å². The summed E-state index contributed by atoms with van der Waals surface area (Å²) in [7, 11) is 0. The lowest BCUT2D eigenvalue weighted by atomic mass is 10.1. The highest BCUT2D eigenvalue weighted by Crippen LogP contribution is 2.20. The Labute approximate surface area is 79.7 Å². The molecule has 0 bridgehead atoms. The van der Waals surface area contributed by atoms with Crippen molar-refractivity contribution in [3.8, 4) is 0 Å². The van der Waals surface area contributed by atoms with Crippen LogP contribution in [0.25, 0.3) is 0 Å². The van der Waals surface area contributed by atoms with Crippen molar-refractivity contribution in [1.29, 1.82) is 0 Å². The van der Waals surface area contributed by atoms with Gasteiger partial charge in [-0.1, -0.05) is 0 Å². The summed E-state index contributed by atoms with van der Waals surface area (Å²) in [5.74, 6) is 0.0949. The predicted molar refractivity (Wildman–Crippen MR) is 51.3 cm³/mol. The number of hydrogen-bond donors (Lipinski definition) is 1. The van der Waals surface area contributed by atoms with E-state index in [2.05, 4.69) is 0 Å². The minimum Gasteiger partial charge on any atom is -0.336 e. The first-order chi connectivity index (χ1) is 4.93. The maximum Gasteiger partial charge on any atom is 0.239 e. The van der Waals surface area contributed by atoms with Crippen LogP contribution < -0.4 is 5.73 Å². The zero-order valence-electron chi connectivity index (χ0n) is 7.83. The molecule has 1 rings (SSSR count). The largest absolute Gasteiger partial charge is 0.336 e. The van der Waals surface area contributed by atoms with Crippen LogP contribution >= 0.6 is 12.4 Å². The molecule has 2 N–H and O–H groups in total. The molecule has 1 amide bonds. The van der Waals surface area contributed by atoms with Gasteiger partial charge in [0.1, 0.15) is 0 Å². The van der Waals surface area contributed by atoms with E-state index in [1.165, 1.54) is 0 Å². The second-order valence-corrected chi connectivity index (χ2v) is 4.06. The fourth-order valence-electron chi connectivity index (χ4n) is 1.37. The van der Waals surface area contributed by atoms with Gasteiger partial charge in [-0.05, 0) is 27.2 Å². The van der Waals surface area contributed by atoms with E-state index in [0.29, 0.717) is 0 Å². The molecule has 1 heterocycles. The highest BCUT2D eigenvalue weighted by atomic mass is 35.5. The molecular formula is C8H17ClN2O. The van der Waals surface area contributed by atoms with Gasteiger partial charge in [-0.3, -0.25) is 4.79 Å². The van der Waals surface area contributed by atoms with Gasteiger partial charge < -0.3 is 10.6 Å². The average Bonchev–Trinajstić information content (AvgIpc) is 2.11. The Kier molecular flexibility index (Phi) is 3.54. The number of carbonyl (C=O) groups excluding carboxylic acids is 1. The second-order valence-electron chi connectivity index (χ2n) is 4.06. The number of hydrogen-bond acceptors (Lipinski definition) is 2. The molecule has 12 heavy (non-hydrogen) atoms. The molecule has 4 heteroatoms. The summed E-state index contributed by atoms with van der Waals surface area (Å²) in [5.41, 5.74) is 5.51. The van der Waals surface area contributed by atoms with Crippen LogP contribution in [-0.4, -0.2) is 28.9 Å². The van der Waals surface area contributed by atoms with E-state index >= 15 is 0 Å². The van der Waals surface area contributed by atoms with Crippen LogP contribution in [-0.2, 0) is 4.79 Å². The fourth-order valence-corrected chi connectivity index (χ4v) is 1.37. The fraction of sp³-hybridized carbons (Fsp3) is 0.875. The maximum atomic E-state index is 11.4. The Morgan fingerprint density at radius 2 is 2.00 bits per heavy atom. The lowest BCUT2D eigenvalue weighted by Gasteiger charge is -2.31. The van der Waals surface area contributed by atoms with Gasteiger partial charge in [0.2, 0.25) is 5.91 Å². The standard InChI is InChI=1S/C8H16N2O.ClH/c1-8(2,3)10-5-4-6(9)7(10)11;/h6H,4-5,9H2,1-3H3;1H. The molecule has 0 spiro atoms. The number of nitrogens with zero attached hydrogens (tertiary/aromatic N) is 1. The van der Waals surface area contributed by atoms with Crippen molar-refractivity contribution in [2.24, 2.45) is 5.73 Å². The van der Waals surface area contributed by atoms with Crippen LogP contribution in [0.4, 0.5) is 0 Å². The van der Waals surface area contributed by atoms with Gasteiger partial charge in [0.25, 0.3) is 0 Å². The molecule has 1 aliphatic rings. The van der Waals surface area contributed by atoms with E-state index in [4.69, 9.17) is 5.73 Å². The van der Waals surface area contributed by atoms with E-state index in [9.17, 15) is 4.79 Å². The third-order valence-electron chi connectivity index (χ3n) is 2.06. The van der Waals surface area contributed by atoms with Gasteiger partial charge in [-0.2, -0.15) is 0 Å². The zero-order valence-corrected chi connectivity index (χ0v) is 8.65. The molecule has 0 aromatic heterocycles. The molecule has 0 aromatic carbocycles. The Morgan fingerprint density at radius 3 is 2.17 bits per heavy atom. The first-order valence-corrected chi connectivity index (χ1v) is 4.00. The highest BCUT2D eigenvalue weighted by molar-refractivity contribution is 5.85. The lowest BCUT2D eigenvalue weighted by Crippen LogP contribution is -2.45. The van der Waals surface area contributed by atoms with Gasteiger partial charge in [0.05, 0.1) is 6.04 Å². The number of halogens is 1. The summed E-state index contributed by atoms with van der Waals surface area (Å²) in [6.07, 6.45) is 0.802. The maximum absolute atomic E-state index is 11.4. The summed E-state index contributed by atoms with van der Waals surface area (Å²) in [6, 6.07) is -0.255. The Hall–Kier alpha value is -0.280. The summed E-state index contributed by atoms with van der Waals surface area (Å²) < 4.78 is 0. The minimum absolute atomic E-state index is 0. The van der Waals surface area contributed by atoms with E-state index in [-0.39, 0.29) is 29.9 Å². The van der Waals surface area contributed by atoms with E-state index in [0.717, 1.165) is 13.0 Å².